The van der Waals surface area contributed by atoms with Crippen LogP contribution in [0.3, 0.4) is 0 Å². The van der Waals surface area contributed by atoms with E-state index in [2.05, 4.69) is 16.3 Å². The van der Waals surface area contributed by atoms with Crippen molar-refractivity contribution in [2.24, 2.45) is 5.73 Å². The van der Waals surface area contributed by atoms with Crippen LogP contribution in [0.4, 0.5) is 0 Å². The van der Waals surface area contributed by atoms with Crippen molar-refractivity contribution in [2.45, 2.75) is 36.4 Å². The van der Waals surface area contributed by atoms with E-state index in [9.17, 15) is 9.59 Å². The summed E-state index contributed by atoms with van der Waals surface area (Å²) in [6.45, 7) is 8.03. The van der Waals surface area contributed by atoms with Crippen molar-refractivity contribution in [3.05, 3.63) is 33.9 Å². The van der Waals surface area contributed by atoms with Crippen molar-refractivity contribution in [3.8, 4) is 0 Å². The Labute approximate surface area is 153 Å². The molecule has 0 radical (unpaired) electrons. The summed E-state index contributed by atoms with van der Waals surface area (Å²) >= 11 is 4.00. The van der Waals surface area contributed by atoms with Gasteiger partial charge in [0.1, 0.15) is 0 Å². The third kappa shape index (κ3) is 4.58. The molecule has 8 heteroatoms. The zero-order chi connectivity index (χ0) is 17.9. The molecule has 0 aliphatic carbocycles. The van der Waals surface area contributed by atoms with E-state index in [1.807, 2.05) is 27.7 Å². The highest BCUT2D eigenvalue weighted by Gasteiger charge is 2.17. The number of rotatable bonds is 7. The fourth-order valence-corrected chi connectivity index (χ4v) is 4.91. The molecule has 1 amide bonds. The van der Waals surface area contributed by atoms with Crippen molar-refractivity contribution in [2.75, 3.05) is 11.5 Å². The van der Waals surface area contributed by atoms with Crippen LogP contribution in [0.1, 0.15) is 32.6 Å². The predicted octanol–water partition coefficient (Wildman–Crippen LogP) is 3.32. The number of thioether (sulfide) groups is 2. The van der Waals surface area contributed by atoms with Gasteiger partial charge in [0.15, 0.2) is 14.5 Å². The van der Waals surface area contributed by atoms with Crippen LogP contribution in [-0.4, -0.2) is 33.4 Å². The molecule has 1 aromatic heterocycles. The number of hydrogen-bond donors (Lipinski definition) is 1. The second-order valence-corrected chi connectivity index (χ2v) is 8.86. The fraction of sp³-hybridized carbons (Fsp3) is 0.375. The molecule has 0 atom stereocenters. The fourth-order valence-electron chi connectivity index (χ4n) is 2.28. The lowest BCUT2D eigenvalue weighted by molar-refractivity contribution is -0.115. The van der Waals surface area contributed by atoms with E-state index in [1.54, 1.807) is 0 Å². The first-order valence-corrected chi connectivity index (χ1v) is 10.1. The number of ketones is 1. The van der Waals surface area contributed by atoms with Crippen LogP contribution in [-0.2, 0) is 4.79 Å². The van der Waals surface area contributed by atoms with Crippen LogP contribution < -0.4 is 5.73 Å². The maximum Gasteiger partial charge on any atom is 0.227 e. The number of nitrogens with zero attached hydrogens (tertiary/aromatic N) is 2. The van der Waals surface area contributed by atoms with Crippen LogP contribution in [0.15, 0.2) is 14.7 Å². The maximum atomic E-state index is 12.7. The lowest BCUT2D eigenvalue weighted by atomic mass is 9.92. The number of aryl methyl sites for hydroxylation is 2. The summed E-state index contributed by atoms with van der Waals surface area (Å²) in [6.07, 6.45) is 0. The largest absolute Gasteiger partial charge is 0.369 e. The molecule has 2 N–H and O–H groups in total. The quantitative estimate of drug-likeness (QED) is 0.585. The summed E-state index contributed by atoms with van der Waals surface area (Å²) in [5.74, 6) is 0.211. The predicted molar refractivity (Wildman–Crippen MR) is 100 cm³/mol. The van der Waals surface area contributed by atoms with E-state index in [1.165, 1.54) is 34.9 Å². The molecule has 2 aromatic rings. The second kappa shape index (κ2) is 8.13. The molecule has 0 aliphatic heterocycles. The van der Waals surface area contributed by atoms with Gasteiger partial charge in [0.05, 0.1) is 11.5 Å². The van der Waals surface area contributed by atoms with Gasteiger partial charge in [0, 0.05) is 5.56 Å². The number of nitrogens with two attached hydrogens (primary N) is 1. The Morgan fingerprint density at radius 3 is 2.00 bits per heavy atom. The molecule has 0 spiro atoms. The van der Waals surface area contributed by atoms with Gasteiger partial charge in [0.25, 0.3) is 0 Å². The van der Waals surface area contributed by atoms with E-state index in [4.69, 9.17) is 5.73 Å². The highest BCUT2D eigenvalue weighted by molar-refractivity contribution is 8.03. The number of benzene rings is 1. The van der Waals surface area contributed by atoms with E-state index in [0.29, 0.717) is 10.1 Å². The zero-order valence-electron chi connectivity index (χ0n) is 14.0. The topological polar surface area (TPSA) is 85.9 Å². The Balaban J connectivity index is 2.05. The number of primary amides is 1. The van der Waals surface area contributed by atoms with Crippen molar-refractivity contribution in [3.63, 3.8) is 0 Å². The molecule has 2 rings (SSSR count). The molecule has 0 bridgehead atoms. The molecular formula is C16H19N3O2S3. The standard InChI is InChI=1S/C16H19N3O2S3/c1-8-5-9(2)11(4)14(10(8)3)12(20)6-22-15-18-19-16(24-15)23-7-13(17)21/h5H,6-7H2,1-4H3,(H2,17,21). The van der Waals surface area contributed by atoms with Crippen molar-refractivity contribution < 1.29 is 9.59 Å². The van der Waals surface area contributed by atoms with Crippen LogP contribution >= 0.6 is 34.9 Å². The smallest absolute Gasteiger partial charge is 0.227 e. The normalized spacial score (nSPS) is 10.8. The lowest BCUT2D eigenvalue weighted by Crippen LogP contribution is -2.12. The summed E-state index contributed by atoms with van der Waals surface area (Å²) in [5.41, 5.74) is 10.3. The lowest BCUT2D eigenvalue weighted by Gasteiger charge is -2.13. The minimum Gasteiger partial charge on any atom is -0.369 e. The molecule has 128 valence electrons. The van der Waals surface area contributed by atoms with Crippen LogP contribution in [0.25, 0.3) is 0 Å². The minimum absolute atomic E-state index is 0.100. The van der Waals surface area contributed by atoms with Gasteiger partial charge in [0.2, 0.25) is 5.91 Å². The molecule has 24 heavy (non-hydrogen) atoms. The number of Topliss-reactive ketones (excluding diaryl/α,β-unsaturated/α-hetero) is 1. The van der Waals surface area contributed by atoms with Gasteiger partial charge in [-0.2, -0.15) is 0 Å². The minimum atomic E-state index is -0.389. The summed E-state index contributed by atoms with van der Waals surface area (Å²) < 4.78 is 1.40. The molecule has 0 unspecified atom stereocenters. The van der Waals surface area contributed by atoms with Gasteiger partial charge in [-0.15, -0.1) is 10.2 Å². The molecule has 0 saturated carbocycles. The van der Waals surface area contributed by atoms with E-state index < -0.39 is 0 Å². The Hall–Kier alpha value is -1.38. The second-order valence-electron chi connectivity index (χ2n) is 5.44. The first-order chi connectivity index (χ1) is 11.3. The maximum absolute atomic E-state index is 12.7. The molecule has 0 saturated heterocycles. The molecule has 0 fully saturated rings. The molecular weight excluding hydrogens is 362 g/mol. The van der Waals surface area contributed by atoms with E-state index >= 15 is 0 Å². The number of hydrogen-bond acceptors (Lipinski definition) is 7. The molecule has 1 heterocycles. The Morgan fingerprint density at radius 2 is 1.50 bits per heavy atom. The zero-order valence-corrected chi connectivity index (χ0v) is 16.5. The van der Waals surface area contributed by atoms with Crippen LogP contribution in [0.2, 0.25) is 0 Å². The first kappa shape index (κ1) is 19.0. The highest BCUT2D eigenvalue weighted by atomic mass is 32.2. The van der Waals surface area contributed by atoms with Crippen molar-refractivity contribution in [1.82, 2.24) is 10.2 Å². The number of amides is 1. The summed E-state index contributed by atoms with van der Waals surface area (Å²) in [6, 6.07) is 2.11. The average Bonchev–Trinajstić information content (AvgIpc) is 2.97. The van der Waals surface area contributed by atoms with Crippen molar-refractivity contribution >= 4 is 46.6 Å². The van der Waals surface area contributed by atoms with Gasteiger partial charge in [-0.3, -0.25) is 9.59 Å². The van der Waals surface area contributed by atoms with Gasteiger partial charge >= 0.3 is 0 Å². The average molecular weight is 382 g/mol. The molecule has 0 aliphatic rings. The number of carbonyl (C=O) groups excluding carboxylic acids is 2. The van der Waals surface area contributed by atoms with Gasteiger partial charge in [-0.05, 0) is 49.9 Å². The highest BCUT2D eigenvalue weighted by Crippen LogP contribution is 2.30. The SMILES string of the molecule is Cc1cc(C)c(C)c(C(=O)CSc2nnc(SCC(N)=O)s2)c1C. The van der Waals surface area contributed by atoms with E-state index in [0.717, 1.165) is 32.2 Å². The van der Waals surface area contributed by atoms with Gasteiger partial charge in [-0.25, -0.2) is 0 Å². The third-order valence-corrected chi connectivity index (χ3v) is 6.91. The molecule has 5 nitrogen and oxygen atoms in total. The first-order valence-electron chi connectivity index (χ1n) is 7.27. The third-order valence-electron chi connectivity index (χ3n) is 3.70. The van der Waals surface area contributed by atoms with Crippen molar-refractivity contribution in [1.29, 1.82) is 0 Å². The summed E-state index contributed by atoms with van der Waals surface area (Å²) in [4.78, 5) is 23.4. The van der Waals surface area contributed by atoms with Gasteiger partial charge < -0.3 is 5.73 Å². The summed E-state index contributed by atoms with van der Waals surface area (Å²) in [5, 5.41) is 8.04. The number of aromatic nitrogens is 2. The van der Waals surface area contributed by atoms with Crippen LogP contribution in [0, 0.1) is 27.7 Å². The van der Waals surface area contributed by atoms with Gasteiger partial charge in [-0.1, -0.05) is 40.9 Å². The van der Waals surface area contributed by atoms with Crippen LogP contribution in [0.5, 0.6) is 0 Å². The monoisotopic (exact) mass is 381 g/mol. The Morgan fingerprint density at radius 1 is 1.00 bits per heavy atom. The van der Waals surface area contributed by atoms with E-state index in [-0.39, 0.29) is 17.4 Å². The Bertz CT molecular complexity index is 761. The molecule has 1 aromatic carbocycles. The summed E-state index contributed by atoms with van der Waals surface area (Å²) in [7, 11) is 0. The number of carbonyl (C=O) groups is 2. The Kier molecular flexibility index (Phi) is 6.42.